The molecule has 0 aliphatic carbocycles. The standard InChI is InChI=1S/C21H26N4O/c1-17-4-2-5-18(12-17)21(15-26)24-10-8-23(9-11-24)14-20-7-3-6-19-13-22-16-25(19)20/h2-7,12-13,16,21,26H,8-11,14-15H2,1H3. The van der Waals surface area contributed by atoms with Gasteiger partial charge in [0.1, 0.15) is 0 Å². The number of hydrogen-bond acceptors (Lipinski definition) is 4. The van der Waals surface area contributed by atoms with Crippen molar-refractivity contribution in [1.29, 1.82) is 0 Å². The van der Waals surface area contributed by atoms with E-state index >= 15 is 0 Å². The van der Waals surface area contributed by atoms with Crippen molar-refractivity contribution in [2.45, 2.75) is 19.5 Å². The van der Waals surface area contributed by atoms with Gasteiger partial charge >= 0.3 is 0 Å². The Morgan fingerprint density at radius 3 is 2.65 bits per heavy atom. The molecule has 1 N–H and O–H groups in total. The average molecular weight is 350 g/mol. The van der Waals surface area contributed by atoms with Crippen LogP contribution < -0.4 is 0 Å². The van der Waals surface area contributed by atoms with Crippen molar-refractivity contribution in [3.8, 4) is 0 Å². The quantitative estimate of drug-likeness (QED) is 0.768. The summed E-state index contributed by atoms with van der Waals surface area (Å²) in [6.45, 7) is 7.15. The summed E-state index contributed by atoms with van der Waals surface area (Å²) in [4.78, 5) is 9.14. The normalized spacial score (nSPS) is 17.6. The predicted molar refractivity (Wildman–Crippen MR) is 103 cm³/mol. The van der Waals surface area contributed by atoms with Crippen LogP contribution in [0, 0.1) is 6.92 Å². The highest BCUT2D eigenvalue weighted by Crippen LogP contribution is 2.23. The van der Waals surface area contributed by atoms with Gasteiger partial charge in [-0.2, -0.15) is 0 Å². The number of aliphatic hydroxyl groups excluding tert-OH is 1. The number of pyridine rings is 1. The molecular formula is C21H26N4O. The molecular weight excluding hydrogens is 324 g/mol. The predicted octanol–water partition coefficient (Wildman–Crippen LogP) is 2.49. The third-order valence-corrected chi connectivity index (χ3v) is 5.37. The van der Waals surface area contributed by atoms with E-state index in [-0.39, 0.29) is 12.6 Å². The average Bonchev–Trinajstić information content (AvgIpc) is 3.14. The summed E-state index contributed by atoms with van der Waals surface area (Å²) in [5, 5.41) is 9.95. The van der Waals surface area contributed by atoms with Gasteiger partial charge in [0.25, 0.3) is 0 Å². The second-order valence-corrected chi connectivity index (χ2v) is 7.13. The fourth-order valence-electron chi connectivity index (χ4n) is 3.91. The molecule has 1 aliphatic heterocycles. The van der Waals surface area contributed by atoms with Gasteiger partial charge in [-0.3, -0.25) is 9.80 Å². The topological polar surface area (TPSA) is 44.0 Å². The molecule has 0 radical (unpaired) electrons. The molecule has 0 bridgehead atoms. The maximum Gasteiger partial charge on any atom is 0.0994 e. The minimum atomic E-state index is 0.0918. The lowest BCUT2D eigenvalue weighted by Crippen LogP contribution is -2.48. The van der Waals surface area contributed by atoms with Gasteiger partial charge < -0.3 is 9.51 Å². The molecule has 3 aromatic rings. The minimum Gasteiger partial charge on any atom is -0.394 e. The van der Waals surface area contributed by atoms with Crippen molar-refractivity contribution in [1.82, 2.24) is 19.2 Å². The van der Waals surface area contributed by atoms with Crippen LogP contribution in [0.5, 0.6) is 0 Å². The molecule has 1 atom stereocenters. The highest BCUT2D eigenvalue weighted by Gasteiger charge is 2.25. The van der Waals surface area contributed by atoms with Gasteiger partial charge in [0.05, 0.1) is 30.7 Å². The third-order valence-electron chi connectivity index (χ3n) is 5.37. The fraction of sp³-hybridized carbons (Fsp3) is 0.381. The first-order valence-corrected chi connectivity index (χ1v) is 9.28. The summed E-state index contributed by atoms with van der Waals surface area (Å²) >= 11 is 0. The lowest BCUT2D eigenvalue weighted by molar-refractivity contribution is 0.0615. The molecule has 1 fully saturated rings. The van der Waals surface area contributed by atoms with Crippen LogP contribution in [0.1, 0.15) is 22.9 Å². The molecule has 4 rings (SSSR count). The Hall–Kier alpha value is -2.21. The monoisotopic (exact) mass is 350 g/mol. The Kier molecular flexibility index (Phi) is 5.02. The molecule has 0 spiro atoms. The number of imidazole rings is 1. The summed E-state index contributed by atoms with van der Waals surface area (Å²) in [5.74, 6) is 0. The third kappa shape index (κ3) is 3.51. The number of aromatic nitrogens is 2. The zero-order valence-electron chi connectivity index (χ0n) is 15.3. The van der Waals surface area contributed by atoms with Gasteiger partial charge in [0, 0.05) is 38.4 Å². The SMILES string of the molecule is Cc1cccc(C(CO)N2CCN(Cc3cccc4cncn34)CC2)c1. The largest absolute Gasteiger partial charge is 0.394 e. The van der Waals surface area contributed by atoms with Crippen LogP contribution in [0.2, 0.25) is 0 Å². The van der Waals surface area contributed by atoms with Gasteiger partial charge in [0.2, 0.25) is 0 Å². The maximum absolute atomic E-state index is 9.95. The Labute approximate surface area is 154 Å². The molecule has 1 aromatic carbocycles. The molecule has 5 heteroatoms. The second-order valence-electron chi connectivity index (χ2n) is 7.13. The molecule has 26 heavy (non-hydrogen) atoms. The number of benzene rings is 1. The number of aliphatic hydroxyl groups is 1. The van der Waals surface area contributed by atoms with Gasteiger partial charge in [-0.05, 0) is 24.6 Å². The van der Waals surface area contributed by atoms with Crippen LogP contribution in [0.25, 0.3) is 5.52 Å². The van der Waals surface area contributed by atoms with Crippen molar-refractivity contribution in [3.05, 3.63) is 71.8 Å². The fourth-order valence-corrected chi connectivity index (χ4v) is 3.91. The van der Waals surface area contributed by atoms with E-state index < -0.39 is 0 Å². The van der Waals surface area contributed by atoms with Crippen LogP contribution in [0.15, 0.2) is 55.0 Å². The van der Waals surface area contributed by atoms with E-state index in [0.29, 0.717) is 0 Å². The molecule has 0 amide bonds. The summed E-state index contributed by atoms with van der Waals surface area (Å²) in [7, 11) is 0. The van der Waals surface area contributed by atoms with Gasteiger partial charge in [-0.1, -0.05) is 35.9 Å². The molecule has 5 nitrogen and oxygen atoms in total. The van der Waals surface area contributed by atoms with Crippen molar-refractivity contribution >= 4 is 5.52 Å². The van der Waals surface area contributed by atoms with Gasteiger partial charge in [-0.15, -0.1) is 0 Å². The molecule has 2 aromatic heterocycles. The molecule has 1 aliphatic rings. The van der Waals surface area contributed by atoms with E-state index in [0.717, 1.165) is 38.2 Å². The number of aryl methyl sites for hydroxylation is 1. The van der Waals surface area contributed by atoms with Crippen molar-refractivity contribution in [2.24, 2.45) is 0 Å². The summed E-state index contributed by atoms with van der Waals surface area (Å²) < 4.78 is 2.16. The number of nitrogens with zero attached hydrogens (tertiary/aromatic N) is 4. The highest BCUT2D eigenvalue weighted by atomic mass is 16.3. The first-order chi connectivity index (χ1) is 12.7. The molecule has 0 saturated carbocycles. The Morgan fingerprint density at radius 2 is 1.88 bits per heavy atom. The molecule has 3 heterocycles. The number of piperazine rings is 1. The Balaban J connectivity index is 1.41. The number of rotatable bonds is 5. The highest BCUT2D eigenvalue weighted by molar-refractivity contribution is 5.45. The summed E-state index contributed by atoms with van der Waals surface area (Å²) in [6.07, 6.45) is 3.79. The number of hydrogen-bond donors (Lipinski definition) is 1. The van der Waals surface area contributed by atoms with Crippen LogP contribution in [0.3, 0.4) is 0 Å². The van der Waals surface area contributed by atoms with Crippen LogP contribution >= 0.6 is 0 Å². The van der Waals surface area contributed by atoms with Crippen molar-refractivity contribution in [3.63, 3.8) is 0 Å². The first-order valence-electron chi connectivity index (χ1n) is 9.28. The maximum atomic E-state index is 9.95. The summed E-state index contributed by atoms with van der Waals surface area (Å²) in [5.41, 5.74) is 4.86. The molecule has 1 unspecified atom stereocenters. The molecule has 136 valence electrons. The van der Waals surface area contributed by atoms with E-state index in [9.17, 15) is 5.11 Å². The van der Waals surface area contributed by atoms with Crippen LogP contribution in [-0.2, 0) is 6.54 Å². The van der Waals surface area contributed by atoms with Gasteiger partial charge in [0.15, 0.2) is 0 Å². The lowest BCUT2D eigenvalue weighted by Gasteiger charge is -2.39. The first kappa shape index (κ1) is 17.2. The van der Waals surface area contributed by atoms with E-state index in [1.54, 1.807) is 0 Å². The van der Waals surface area contributed by atoms with Crippen molar-refractivity contribution in [2.75, 3.05) is 32.8 Å². The Morgan fingerprint density at radius 1 is 1.08 bits per heavy atom. The van der Waals surface area contributed by atoms with E-state index in [1.165, 1.54) is 16.8 Å². The van der Waals surface area contributed by atoms with Crippen LogP contribution in [0.4, 0.5) is 0 Å². The Bertz CT molecular complexity index is 867. The number of fused-ring (bicyclic) bond motifs is 1. The minimum absolute atomic E-state index is 0.0918. The summed E-state index contributed by atoms with van der Waals surface area (Å²) in [6, 6.07) is 14.9. The molecule has 1 saturated heterocycles. The second kappa shape index (κ2) is 7.58. The smallest absolute Gasteiger partial charge is 0.0994 e. The van der Waals surface area contributed by atoms with Gasteiger partial charge in [-0.25, -0.2) is 4.98 Å². The lowest BCUT2D eigenvalue weighted by atomic mass is 10.0. The van der Waals surface area contributed by atoms with E-state index in [4.69, 9.17) is 0 Å². The zero-order chi connectivity index (χ0) is 17.9. The van der Waals surface area contributed by atoms with E-state index in [2.05, 4.69) is 68.6 Å². The van der Waals surface area contributed by atoms with Crippen molar-refractivity contribution < 1.29 is 5.11 Å². The van der Waals surface area contributed by atoms with Crippen LogP contribution in [-0.4, -0.2) is 57.1 Å². The van der Waals surface area contributed by atoms with E-state index in [1.807, 2.05) is 12.5 Å². The zero-order valence-corrected chi connectivity index (χ0v) is 15.3.